The summed E-state index contributed by atoms with van der Waals surface area (Å²) in [7, 11) is -1.75. The van der Waals surface area contributed by atoms with Gasteiger partial charge in [0.05, 0.1) is 36.8 Å². The zero-order chi connectivity index (χ0) is 36.5. The summed E-state index contributed by atoms with van der Waals surface area (Å²) in [5.41, 5.74) is 3.39. The predicted molar refractivity (Wildman–Crippen MR) is 202 cm³/mol. The van der Waals surface area contributed by atoms with Crippen molar-refractivity contribution in [3.05, 3.63) is 70.3 Å². The van der Waals surface area contributed by atoms with Crippen LogP contribution < -0.4 is 14.4 Å². The van der Waals surface area contributed by atoms with Crippen LogP contribution in [0.2, 0.25) is 5.02 Å². The molecule has 1 unspecified atom stereocenters. The number of halogens is 1. The van der Waals surface area contributed by atoms with Crippen LogP contribution in [0.5, 0.6) is 5.75 Å². The molecule has 3 aliphatic heterocycles. The molecule has 2 aliphatic carbocycles. The van der Waals surface area contributed by atoms with Gasteiger partial charge >= 0.3 is 6.03 Å². The summed E-state index contributed by atoms with van der Waals surface area (Å²) in [4.78, 5) is 33.5. The zero-order valence-corrected chi connectivity index (χ0v) is 31.7. The number of allylic oxidation sites excluding steroid dienone is 1. The maximum atomic E-state index is 14.6. The van der Waals surface area contributed by atoms with E-state index in [4.69, 9.17) is 26.3 Å². The van der Waals surface area contributed by atoms with Gasteiger partial charge in [0, 0.05) is 62.4 Å². The van der Waals surface area contributed by atoms with Crippen LogP contribution in [-0.2, 0) is 26.5 Å². The molecule has 0 aromatic heterocycles. The number of rotatable bonds is 3. The van der Waals surface area contributed by atoms with Gasteiger partial charge in [0.1, 0.15) is 15.7 Å². The van der Waals surface area contributed by atoms with E-state index in [0.717, 1.165) is 49.4 Å². The highest BCUT2D eigenvalue weighted by atomic mass is 35.5. The standard InChI is InChI=1S/C39H49ClN6O5S/c1-27-5-3-7-35(50-2)32-11-8-30(32)23-46-25-39(14-4-6-28-21-31(40)10-12-33(28)39)26-51-36-13-9-29(22-34(36)46)37(47)42-52(49,24-27)43-38(48)45-19-17-44(16-15-41)18-20-45/h3,7,9-10,12-13,21-22,27,30,32,35H,4-6,8,11,14,16-20,23-26H2,1-2H3,(H,42,43,47,48,49)/b7-3+/t27-,30-,32+,35-,39-,52?/m0/s1. The van der Waals surface area contributed by atoms with Crippen LogP contribution in [0.15, 0.2) is 52.9 Å². The van der Waals surface area contributed by atoms with Crippen LogP contribution in [0.1, 0.15) is 60.5 Å². The maximum absolute atomic E-state index is 14.6. The van der Waals surface area contributed by atoms with Crippen LogP contribution in [-0.4, -0.2) is 97.3 Å². The fraction of sp³-hybridized carbons (Fsp3) is 0.564. The highest BCUT2D eigenvalue weighted by Crippen LogP contribution is 2.47. The van der Waals surface area contributed by atoms with Crippen molar-refractivity contribution in [2.75, 3.05) is 70.2 Å². The number of piperazine rings is 1. The van der Waals surface area contributed by atoms with E-state index in [2.05, 4.69) is 44.3 Å². The van der Waals surface area contributed by atoms with Crippen molar-refractivity contribution >= 4 is 39.1 Å². The van der Waals surface area contributed by atoms with Crippen molar-refractivity contribution in [2.24, 2.45) is 22.1 Å². The number of nitriles is 1. The summed E-state index contributed by atoms with van der Waals surface area (Å²) < 4.78 is 34.3. The Labute approximate surface area is 312 Å². The molecule has 3 amide bonds. The van der Waals surface area contributed by atoms with Crippen LogP contribution in [0.4, 0.5) is 10.5 Å². The summed E-state index contributed by atoms with van der Waals surface area (Å²) in [5.74, 6) is 0.653. The number of fused-ring (bicyclic) bond motifs is 4. The van der Waals surface area contributed by atoms with Crippen molar-refractivity contribution in [3.63, 3.8) is 0 Å². The highest BCUT2D eigenvalue weighted by Gasteiger charge is 2.44. The molecular formula is C39H49ClN6O5S. The van der Waals surface area contributed by atoms with Gasteiger partial charge in [-0.15, -0.1) is 4.36 Å². The number of nitrogens with zero attached hydrogens (tertiary/aromatic N) is 5. The number of methoxy groups -OCH3 is 1. The lowest BCUT2D eigenvalue weighted by Gasteiger charge is -2.46. The molecule has 1 saturated carbocycles. The fourth-order valence-electron chi connectivity index (χ4n) is 8.78. The number of hydrogen-bond acceptors (Lipinski definition) is 8. The third-order valence-corrected chi connectivity index (χ3v) is 13.9. The smallest absolute Gasteiger partial charge is 0.329 e. The van der Waals surface area contributed by atoms with Crippen LogP contribution >= 0.6 is 11.6 Å². The monoisotopic (exact) mass is 748 g/mol. The number of amides is 3. The number of hydrogen-bond donors (Lipinski definition) is 1. The molecule has 1 spiro atoms. The minimum atomic E-state index is -3.52. The molecule has 13 heteroatoms. The molecule has 2 aromatic rings. The van der Waals surface area contributed by atoms with Gasteiger partial charge in [-0.25, -0.2) is 9.00 Å². The molecule has 2 fully saturated rings. The molecule has 7 rings (SSSR count). The van der Waals surface area contributed by atoms with Gasteiger partial charge in [-0.1, -0.05) is 36.7 Å². The van der Waals surface area contributed by atoms with E-state index < -0.39 is 21.9 Å². The first-order chi connectivity index (χ1) is 25.1. The van der Waals surface area contributed by atoms with E-state index in [1.54, 1.807) is 18.1 Å². The molecule has 278 valence electrons. The number of benzene rings is 2. The van der Waals surface area contributed by atoms with Crippen molar-refractivity contribution in [2.45, 2.75) is 57.0 Å². The minimum Gasteiger partial charge on any atom is -0.490 e. The summed E-state index contributed by atoms with van der Waals surface area (Å²) in [5, 5.41) is 9.80. The van der Waals surface area contributed by atoms with E-state index in [9.17, 15) is 13.8 Å². The van der Waals surface area contributed by atoms with Crippen LogP contribution in [0.25, 0.3) is 0 Å². The summed E-state index contributed by atoms with van der Waals surface area (Å²) in [6, 6.07) is 13.2. The molecule has 2 bridgehead atoms. The Morgan fingerprint density at radius 3 is 2.77 bits per heavy atom. The second-order valence-corrected chi connectivity index (χ2v) is 17.7. The number of carbonyl (C=O) groups is 2. The van der Waals surface area contributed by atoms with E-state index in [-0.39, 0.29) is 23.2 Å². The molecule has 3 heterocycles. The fourth-order valence-corrected chi connectivity index (χ4v) is 10.9. The number of carbonyl (C=O) groups excluding carboxylic acids is 2. The van der Waals surface area contributed by atoms with E-state index in [0.29, 0.717) is 75.4 Å². The second kappa shape index (κ2) is 15.4. The topological polar surface area (TPSA) is 128 Å². The normalized spacial score (nSPS) is 31.5. The number of aryl methyl sites for hydroxylation is 1. The van der Waals surface area contributed by atoms with Crippen molar-refractivity contribution in [1.82, 2.24) is 14.5 Å². The van der Waals surface area contributed by atoms with Gasteiger partial charge < -0.3 is 19.3 Å². The molecule has 0 radical (unpaired) electrons. The lowest BCUT2D eigenvalue weighted by molar-refractivity contribution is 0.0131. The van der Waals surface area contributed by atoms with Gasteiger partial charge in [0.15, 0.2) is 0 Å². The molecule has 2 aromatic carbocycles. The van der Waals surface area contributed by atoms with Crippen molar-refractivity contribution in [3.8, 4) is 11.8 Å². The molecule has 1 saturated heterocycles. The Hall–Kier alpha value is -3.63. The molecule has 11 nitrogen and oxygen atoms in total. The summed E-state index contributed by atoms with van der Waals surface area (Å²) >= 11 is 6.46. The molecular weight excluding hydrogens is 700 g/mol. The predicted octanol–water partition coefficient (Wildman–Crippen LogP) is 5.82. The average Bonchev–Trinajstić information content (AvgIpc) is 3.26. The quantitative estimate of drug-likeness (QED) is 0.307. The van der Waals surface area contributed by atoms with Crippen molar-refractivity contribution in [1.29, 1.82) is 5.26 Å². The van der Waals surface area contributed by atoms with Crippen molar-refractivity contribution < 1.29 is 23.3 Å². The van der Waals surface area contributed by atoms with Gasteiger partial charge in [0.25, 0.3) is 5.91 Å². The molecule has 5 aliphatic rings. The Morgan fingerprint density at radius 1 is 1.19 bits per heavy atom. The summed E-state index contributed by atoms with van der Waals surface area (Å²) in [6.07, 6.45) is 9.86. The molecule has 1 N–H and O–H groups in total. The second-order valence-electron chi connectivity index (χ2n) is 15.3. The Morgan fingerprint density at radius 2 is 2.02 bits per heavy atom. The third-order valence-electron chi connectivity index (χ3n) is 11.7. The first kappa shape index (κ1) is 36.7. The van der Waals surface area contributed by atoms with E-state index in [1.165, 1.54) is 11.1 Å². The maximum Gasteiger partial charge on any atom is 0.329 e. The zero-order valence-electron chi connectivity index (χ0n) is 30.1. The lowest BCUT2D eigenvalue weighted by atomic mass is 9.68. The number of urea groups is 1. The van der Waals surface area contributed by atoms with Gasteiger partial charge in [-0.3, -0.25) is 14.4 Å². The number of ether oxygens (including phenoxy) is 2. The molecule has 52 heavy (non-hydrogen) atoms. The first-order valence-electron chi connectivity index (χ1n) is 18.5. The SMILES string of the molecule is CO[C@H]1/C=C/C[C@H](C)CS(=O)(NC(=O)N2CCN(CC#N)CC2)=NC(=O)c2ccc3c(c2)N(C[C@@H]2CC[C@H]21)C[C@@]1(CCCc2cc(Cl)ccc21)CO3. The average molecular weight is 749 g/mol. The lowest BCUT2D eigenvalue weighted by Crippen LogP contribution is -2.53. The summed E-state index contributed by atoms with van der Waals surface area (Å²) in [6.45, 7) is 6.09. The Kier molecular flexibility index (Phi) is 10.9. The van der Waals surface area contributed by atoms with Crippen LogP contribution in [0.3, 0.4) is 0 Å². The van der Waals surface area contributed by atoms with Crippen LogP contribution in [0, 0.1) is 29.1 Å². The third kappa shape index (κ3) is 7.70. The number of nitrogens with one attached hydrogen (secondary N) is 1. The Bertz CT molecular complexity index is 1880. The van der Waals surface area contributed by atoms with Gasteiger partial charge in [0.2, 0.25) is 0 Å². The van der Waals surface area contributed by atoms with E-state index >= 15 is 0 Å². The molecule has 6 atom stereocenters. The van der Waals surface area contributed by atoms with Gasteiger partial charge in [-0.05, 0) is 97.7 Å². The highest BCUT2D eigenvalue weighted by molar-refractivity contribution is 7.92. The van der Waals surface area contributed by atoms with E-state index in [1.807, 2.05) is 30.0 Å². The first-order valence-corrected chi connectivity index (χ1v) is 20.6. The largest absolute Gasteiger partial charge is 0.490 e. The number of anilines is 1. The Balaban J connectivity index is 1.25. The minimum absolute atomic E-state index is 0.0129. The van der Waals surface area contributed by atoms with Gasteiger partial charge in [-0.2, -0.15) is 5.26 Å².